The first-order chi connectivity index (χ1) is 8.20. The van der Waals surface area contributed by atoms with Gasteiger partial charge in [0.05, 0.1) is 0 Å². The molecule has 1 aliphatic rings. The van der Waals surface area contributed by atoms with Crippen molar-refractivity contribution in [3.8, 4) is 0 Å². The maximum Gasteiger partial charge on any atom is 0.503 e. The van der Waals surface area contributed by atoms with E-state index in [9.17, 15) is 0 Å². The van der Waals surface area contributed by atoms with E-state index in [4.69, 9.17) is 30.0 Å². The third-order valence-corrected chi connectivity index (χ3v) is 1.50. The largest absolute Gasteiger partial charge is 0.503 e. The molecule has 6 heteroatoms. The van der Waals surface area contributed by atoms with Crippen LogP contribution in [0, 0.1) is 5.92 Å². The molecule has 0 spiro atoms. The molecule has 0 heterocycles. The van der Waals surface area contributed by atoms with E-state index in [1.807, 2.05) is 0 Å². The first-order valence-corrected chi connectivity index (χ1v) is 6.03. The second kappa shape index (κ2) is 17.9. The first-order valence-electron chi connectivity index (χ1n) is 6.03. The highest BCUT2D eigenvalue weighted by Gasteiger charge is 1.95. The molecule has 1 fully saturated rings. The number of carboxylic acid groups (broad SMARTS) is 4. The summed E-state index contributed by atoms with van der Waals surface area (Å²) in [6, 6.07) is 0. The summed E-state index contributed by atoms with van der Waals surface area (Å²) in [5, 5.41) is 27.9. The summed E-state index contributed by atoms with van der Waals surface area (Å²) in [4.78, 5) is 17.1. The quantitative estimate of drug-likeness (QED) is 0.515. The Labute approximate surface area is 108 Å². The molecule has 0 amide bonds. The molecule has 0 aromatic rings. The molecule has 18 heavy (non-hydrogen) atoms. The van der Waals surface area contributed by atoms with Gasteiger partial charge >= 0.3 is 12.3 Å². The van der Waals surface area contributed by atoms with E-state index >= 15 is 0 Å². The monoisotopic (exact) mass is 266 g/mol. The second-order valence-electron chi connectivity index (χ2n) is 4.42. The van der Waals surface area contributed by atoms with E-state index in [1.54, 1.807) is 0 Å². The van der Waals surface area contributed by atoms with Crippen LogP contribution in [0.15, 0.2) is 0 Å². The number of carbonyl (C=O) groups is 2. The van der Waals surface area contributed by atoms with Gasteiger partial charge in [-0.3, -0.25) is 0 Å². The molecule has 0 aromatic heterocycles. The summed E-state index contributed by atoms with van der Waals surface area (Å²) < 4.78 is 0. The average Bonchev–Trinajstić information content (AvgIpc) is 2.17. The minimum Gasteiger partial charge on any atom is -0.450 e. The Kier molecular flexibility index (Phi) is 21.7. The van der Waals surface area contributed by atoms with E-state index in [1.165, 1.54) is 38.5 Å². The van der Waals surface area contributed by atoms with Crippen molar-refractivity contribution in [1.82, 2.24) is 0 Å². The minimum absolute atomic E-state index is 0.833. The Morgan fingerprint density at radius 1 is 0.667 bits per heavy atom. The lowest BCUT2D eigenvalue weighted by Gasteiger charge is -2.05. The van der Waals surface area contributed by atoms with Gasteiger partial charge in [0, 0.05) is 0 Å². The molecule has 0 aliphatic heterocycles. The van der Waals surface area contributed by atoms with Gasteiger partial charge in [-0.05, 0) is 5.92 Å². The Morgan fingerprint density at radius 3 is 0.778 bits per heavy atom. The van der Waals surface area contributed by atoms with Gasteiger partial charge in [-0.2, -0.15) is 0 Å². The maximum atomic E-state index is 8.56. The topological polar surface area (TPSA) is 115 Å². The van der Waals surface area contributed by atoms with E-state index in [0.717, 1.165) is 5.92 Å². The van der Waals surface area contributed by atoms with Crippen LogP contribution in [0.5, 0.6) is 0 Å². The van der Waals surface area contributed by atoms with Crippen LogP contribution in [0.4, 0.5) is 9.59 Å². The third-order valence-electron chi connectivity index (χ3n) is 1.50. The van der Waals surface area contributed by atoms with Crippen LogP contribution < -0.4 is 0 Å². The molecule has 0 saturated heterocycles. The van der Waals surface area contributed by atoms with Gasteiger partial charge in [0.2, 0.25) is 0 Å². The average molecular weight is 266 g/mol. The minimum atomic E-state index is -1.83. The fraction of sp³-hybridized carbons (Fsp3) is 0.833. The van der Waals surface area contributed by atoms with Gasteiger partial charge in [0.25, 0.3) is 0 Å². The summed E-state index contributed by atoms with van der Waals surface area (Å²) in [6.45, 7) is 6.50. The summed E-state index contributed by atoms with van der Waals surface area (Å²) in [6.07, 6.45) is 5.33. The van der Waals surface area contributed by atoms with Gasteiger partial charge < -0.3 is 20.4 Å². The zero-order valence-corrected chi connectivity index (χ0v) is 11.4. The number of rotatable bonds is 0. The predicted molar refractivity (Wildman–Crippen MR) is 69.5 cm³/mol. The smallest absolute Gasteiger partial charge is 0.450 e. The second-order valence-corrected chi connectivity index (χ2v) is 4.42. The van der Waals surface area contributed by atoms with Crippen molar-refractivity contribution in [2.45, 2.75) is 59.3 Å². The molecule has 0 bridgehead atoms. The van der Waals surface area contributed by atoms with Gasteiger partial charge in [-0.25, -0.2) is 9.59 Å². The summed E-state index contributed by atoms with van der Waals surface area (Å²) in [5.41, 5.74) is 0. The van der Waals surface area contributed by atoms with Crippen molar-refractivity contribution >= 4 is 12.3 Å². The van der Waals surface area contributed by atoms with Crippen LogP contribution in [0.1, 0.15) is 59.3 Å². The molecule has 0 unspecified atom stereocenters. The summed E-state index contributed by atoms with van der Waals surface area (Å²) in [5.74, 6) is 0.833. The zero-order chi connectivity index (χ0) is 15.0. The molecule has 0 radical (unpaired) electrons. The molecule has 0 aromatic carbocycles. The molecular formula is C12H26O6. The Hall–Kier alpha value is -1.46. The molecule has 110 valence electrons. The SMILES string of the molecule is C1CCCCC1.CC(C)C.O=C(O)O.O=C(O)O. The van der Waals surface area contributed by atoms with Crippen molar-refractivity contribution in [2.24, 2.45) is 5.92 Å². The Bertz CT molecular complexity index is 153. The normalized spacial score (nSPS) is 12.7. The number of hydrogen-bond donors (Lipinski definition) is 4. The van der Waals surface area contributed by atoms with Crippen molar-refractivity contribution in [3.05, 3.63) is 0 Å². The summed E-state index contributed by atoms with van der Waals surface area (Å²) >= 11 is 0. The van der Waals surface area contributed by atoms with Crippen molar-refractivity contribution in [3.63, 3.8) is 0 Å². The highest BCUT2D eigenvalue weighted by Crippen LogP contribution is 2.15. The fourth-order valence-corrected chi connectivity index (χ4v) is 1.06. The molecular weight excluding hydrogens is 240 g/mol. The molecule has 1 aliphatic carbocycles. The van der Waals surface area contributed by atoms with Crippen LogP contribution >= 0.6 is 0 Å². The van der Waals surface area contributed by atoms with Gasteiger partial charge in [0.1, 0.15) is 0 Å². The predicted octanol–water partition coefficient (Wildman–Crippen LogP) is 4.45. The molecule has 1 saturated carbocycles. The van der Waals surface area contributed by atoms with Gasteiger partial charge in [-0.15, -0.1) is 0 Å². The molecule has 4 N–H and O–H groups in total. The van der Waals surface area contributed by atoms with Crippen LogP contribution in [0.25, 0.3) is 0 Å². The third kappa shape index (κ3) is 129. The standard InChI is InChI=1S/C6H12.C4H10.2CH2O3/c1-2-4-6-5-3-1;1-4(2)3;2*2-1(3)4/h1-6H2;4H,1-3H3;2*(H2,2,3,4). The maximum absolute atomic E-state index is 8.56. The lowest BCUT2D eigenvalue weighted by atomic mass is 10.0. The van der Waals surface area contributed by atoms with E-state index in [-0.39, 0.29) is 0 Å². The highest BCUT2D eigenvalue weighted by atomic mass is 16.6. The lowest BCUT2D eigenvalue weighted by molar-refractivity contribution is 0.135. The molecule has 0 atom stereocenters. The van der Waals surface area contributed by atoms with Crippen LogP contribution in [0.3, 0.4) is 0 Å². The molecule has 6 nitrogen and oxygen atoms in total. The zero-order valence-electron chi connectivity index (χ0n) is 11.4. The van der Waals surface area contributed by atoms with Crippen molar-refractivity contribution in [1.29, 1.82) is 0 Å². The fourth-order valence-electron chi connectivity index (χ4n) is 1.06. The van der Waals surface area contributed by atoms with E-state index in [0.29, 0.717) is 0 Å². The van der Waals surface area contributed by atoms with E-state index in [2.05, 4.69) is 20.8 Å². The van der Waals surface area contributed by atoms with E-state index < -0.39 is 12.3 Å². The first kappa shape index (κ1) is 21.8. The van der Waals surface area contributed by atoms with Gasteiger partial charge in [-0.1, -0.05) is 59.3 Å². The van der Waals surface area contributed by atoms with Crippen LogP contribution in [0.2, 0.25) is 0 Å². The Balaban J connectivity index is -0.000000171. The van der Waals surface area contributed by atoms with Crippen LogP contribution in [-0.2, 0) is 0 Å². The van der Waals surface area contributed by atoms with Crippen LogP contribution in [-0.4, -0.2) is 32.7 Å². The molecule has 1 rings (SSSR count). The van der Waals surface area contributed by atoms with Crippen molar-refractivity contribution < 1.29 is 30.0 Å². The summed E-state index contributed by atoms with van der Waals surface area (Å²) in [7, 11) is 0. The Morgan fingerprint density at radius 2 is 0.722 bits per heavy atom. The number of hydrogen-bond acceptors (Lipinski definition) is 2. The highest BCUT2D eigenvalue weighted by molar-refractivity contribution is 5.53. The van der Waals surface area contributed by atoms with Gasteiger partial charge in [0.15, 0.2) is 0 Å². The van der Waals surface area contributed by atoms with Crippen molar-refractivity contribution in [2.75, 3.05) is 0 Å². The lowest BCUT2D eigenvalue weighted by Crippen LogP contribution is -1.85.